The van der Waals surface area contributed by atoms with E-state index >= 15 is 0 Å². The summed E-state index contributed by atoms with van der Waals surface area (Å²) < 4.78 is 1.57. The topological polar surface area (TPSA) is 64.0 Å². The number of aryl methyl sites for hydroxylation is 1. The van der Waals surface area contributed by atoms with Crippen molar-refractivity contribution in [3.05, 3.63) is 92.7 Å². The fourth-order valence-electron chi connectivity index (χ4n) is 3.17. The van der Waals surface area contributed by atoms with Crippen molar-refractivity contribution in [2.75, 3.05) is 6.54 Å². The second-order valence-corrected chi connectivity index (χ2v) is 7.48. The van der Waals surface area contributed by atoms with Gasteiger partial charge in [0.25, 0.3) is 11.5 Å². The summed E-state index contributed by atoms with van der Waals surface area (Å²) in [7, 11) is 0. The van der Waals surface area contributed by atoms with Crippen LogP contribution in [0.2, 0.25) is 0 Å². The van der Waals surface area contributed by atoms with Crippen LogP contribution in [0.5, 0.6) is 0 Å². The lowest BCUT2D eigenvalue weighted by atomic mass is 10.1. The lowest BCUT2D eigenvalue weighted by Crippen LogP contribution is -2.26. The minimum absolute atomic E-state index is 0.115. The Labute approximate surface area is 166 Å². The fourth-order valence-corrected chi connectivity index (χ4v) is 3.87. The van der Waals surface area contributed by atoms with Crippen LogP contribution < -0.4 is 10.9 Å². The van der Waals surface area contributed by atoms with Crippen molar-refractivity contribution >= 4 is 28.1 Å². The van der Waals surface area contributed by atoms with E-state index in [-0.39, 0.29) is 11.5 Å². The molecule has 28 heavy (non-hydrogen) atoms. The molecule has 6 heteroatoms. The minimum atomic E-state index is -0.121. The summed E-state index contributed by atoms with van der Waals surface area (Å²) >= 11 is 1.68. The monoisotopic (exact) mass is 389 g/mol. The van der Waals surface area contributed by atoms with Crippen molar-refractivity contribution in [3.8, 4) is 5.69 Å². The fraction of sp³-hybridized carbons (Fsp3) is 0.136. The Hall–Kier alpha value is -3.25. The number of nitrogens with one attached hydrogen (secondary N) is 1. The van der Waals surface area contributed by atoms with Crippen LogP contribution in [-0.2, 0) is 6.42 Å². The van der Waals surface area contributed by atoms with Crippen LogP contribution in [0.25, 0.3) is 16.6 Å². The molecule has 0 aliphatic carbocycles. The Bertz CT molecular complexity index is 1180. The number of amides is 1. The molecule has 0 spiro atoms. The summed E-state index contributed by atoms with van der Waals surface area (Å²) in [4.78, 5) is 31.0. The van der Waals surface area contributed by atoms with Gasteiger partial charge in [-0.3, -0.25) is 14.2 Å². The number of rotatable bonds is 5. The van der Waals surface area contributed by atoms with Gasteiger partial charge in [-0.2, -0.15) is 0 Å². The molecule has 0 saturated heterocycles. The highest BCUT2D eigenvalue weighted by molar-refractivity contribution is 7.09. The molecule has 0 radical (unpaired) electrons. The highest BCUT2D eigenvalue weighted by atomic mass is 32.1. The number of hydrogen-bond acceptors (Lipinski definition) is 4. The summed E-state index contributed by atoms with van der Waals surface area (Å²) in [6.07, 6.45) is 0.818. The third kappa shape index (κ3) is 3.59. The van der Waals surface area contributed by atoms with E-state index in [1.807, 2.05) is 29.6 Å². The molecule has 1 N–H and O–H groups in total. The van der Waals surface area contributed by atoms with Gasteiger partial charge >= 0.3 is 0 Å². The van der Waals surface area contributed by atoms with E-state index in [9.17, 15) is 9.59 Å². The maximum atomic E-state index is 12.9. The van der Waals surface area contributed by atoms with E-state index in [2.05, 4.69) is 16.4 Å². The van der Waals surface area contributed by atoms with Gasteiger partial charge in [-0.05, 0) is 61.2 Å². The number of thiophene rings is 1. The van der Waals surface area contributed by atoms with Gasteiger partial charge in [0.2, 0.25) is 0 Å². The SMILES string of the molecule is Cc1nc2ccccc2c(=O)n1-c1ccc(C(=O)NCCc2cccs2)cc1. The average Bonchev–Trinajstić information content (AvgIpc) is 3.22. The summed E-state index contributed by atoms with van der Waals surface area (Å²) in [5.74, 6) is 0.487. The van der Waals surface area contributed by atoms with Gasteiger partial charge in [-0.15, -0.1) is 11.3 Å². The molecule has 5 nitrogen and oxygen atoms in total. The number of benzene rings is 2. The molecule has 0 bridgehead atoms. The first-order valence-corrected chi connectivity index (χ1v) is 9.91. The highest BCUT2D eigenvalue weighted by Crippen LogP contribution is 2.14. The van der Waals surface area contributed by atoms with E-state index in [0.717, 1.165) is 6.42 Å². The quantitative estimate of drug-likeness (QED) is 0.566. The molecule has 0 fully saturated rings. The molecule has 2 aromatic heterocycles. The van der Waals surface area contributed by atoms with Crippen molar-refractivity contribution in [2.45, 2.75) is 13.3 Å². The van der Waals surface area contributed by atoms with Crippen molar-refractivity contribution < 1.29 is 4.79 Å². The van der Waals surface area contributed by atoms with Gasteiger partial charge in [0, 0.05) is 17.0 Å². The molecule has 0 unspecified atom stereocenters. The molecule has 1 amide bonds. The number of hydrogen-bond donors (Lipinski definition) is 1. The van der Waals surface area contributed by atoms with Gasteiger partial charge in [0.1, 0.15) is 5.82 Å². The predicted molar refractivity (Wildman–Crippen MR) is 112 cm³/mol. The van der Waals surface area contributed by atoms with E-state index in [4.69, 9.17) is 0 Å². The number of fused-ring (bicyclic) bond motifs is 1. The predicted octanol–water partition coefficient (Wildman–Crippen LogP) is 3.73. The summed E-state index contributed by atoms with van der Waals surface area (Å²) in [5, 5.41) is 5.53. The number of para-hydroxylation sites is 1. The molecule has 2 aromatic carbocycles. The van der Waals surface area contributed by atoms with Crippen LogP contribution in [0.4, 0.5) is 0 Å². The Balaban J connectivity index is 1.54. The lowest BCUT2D eigenvalue weighted by Gasteiger charge is -2.11. The lowest BCUT2D eigenvalue weighted by molar-refractivity contribution is 0.0954. The molecule has 4 aromatic rings. The first kappa shape index (κ1) is 18.1. The highest BCUT2D eigenvalue weighted by Gasteiger charge is 2.11. The molecule has 0 atom stereocenters. The molecule has 4 rings (SSSR count). The van der Waals surface area contributed by atoms with Crippen LogP contribution >= 0.6 is 11.3 Å². The van der Waals surface area contributed by atoms with Crippen LogP contribution in [0, 0.1) is 6.92 Å². The Morgan fingerprint density at radius 3 is 2.61 bits per heavy atom. The number of nitrogens with zero attached hydrogens (tertiary/aromatic N) is 2. The van der Waals surface area contributed by atoms with Gasteiger partial charge < -0.3 is 5.32 Å². The summed E-state index contributed by atoms with van der Waals surface area (Å²) in [5.41, 5.74) is 1.82. The van der Waals surface area contributed by atoms with Gasteiger partial charge in [0.05, 0.1) is 16.6 Å². The molecule has 140 valence electrons. The smallest absolute Gasteiger partial charge is 0.265 e. The molecular weight excluding hydrogens is 370 g/mol. The van der Waals surface area contributed by atoms with E-state index in [0.29, 0.717) is 34.5 Å². The van der Waals surface area contributed by atoms with Gasteiger partial charge in [-0.1, -0.05) is 18.2 Å². The van der Waals surface area contributed by atoms with Crippen LogP contribution in [0.3, 0.4) is 0 Å². The third-order valence-electron chi connectivity index (χ3n) is 4.57. The molecule has 0 aliphatic heterocycles. The van der Waals surface area contributed by atoms with E-state index < -0.39 is 0 Å². The molecule has 0 aliphatic rings. The van der Waals surface area contributed by atoms with Crippen LogP contribution in [0.1, 0.15) is 21.1 Å². The van der Waals surface area contributed by atoms with E-state index in [1.165, 1.54) is 4.88 Å². The normalized spacial score (nSPS) is 10.9. The average molecular weight is 389 g/mol. The van der Waals surface area contributed by atoms with Gasteiger partial charge in [0.15, 0.2) is 0 Å². The first-order chi connectivity index (χ1) is 13.6. The summed E-state index contributed by atoms with van der Waals surface area (Å²) in [6.45, 7) is 2.40. The van der Waals surface area contributed by atoms with Crippen molar-refractivity contribution in [3.63, 3.8) is 0 Å². The third-order valence-corrected chi connectivity index (χ3v) is 5.50. The molecular formula is C22H19N3O2S. The van der Waals surface area contributed by atoms with Crippen molar-refractivity contribution in [1.29, 1.82) is 0 Å². The second-order valence-electron chi connectivity index (χ2n) is 6.45. The van der Waals surface area contributed by atoms with E-state index in [1.54, 1.807) is 53.2 Å². The first-order valence-electron chi connectivity index (χ1n) is 9.03. The van der Waals surface area contributed by atoms with Crippen molar-refractivity contribution in [2.24, 2.45) is 0 Å². The maximum Gasteiger partial charge on any atom is 0.265 e. The Morgan fingerprint density at radius 1 is 1.07 bits per heavy atom. The van der Waals surface area contributed by atoms with Crippen LogP contribution in [-0.4, -0.2) is 22.0 Å². The summed E-state index contributed by atoms with van der Waals surface area (Å²) in [6, 6.07) is 18.4. The zero-order valence-electron chi connectivity index (χ0n) is 15.4. The number of carbonyl (C=O) groups excluding carboxylic acids is 1. The number of aromatic nitrogens is 2. The zero-order chi connectivity index (χ0) is 19.5. The molecule has 2 heterocycles. The van der Waals surface area contributed by atoms with Gasteiger partial charge in [-0.25, -0.2) is 4.98 Å². The van der Waals surface area contributed by atoms with Crippen LogP contribution in [0.15, 0.2) is 70.8 Å². The zero-order valence-corrected chi connectivity index (χ0v) is 16.2. The number of carbonyl (C=O) groups is 1. The minimum Gasteiger partial charge on any atom is -0.352 e. The maximum absolute atomic E-state index is 12.9. The standard InChI is InChI=1S/C22H19N3O2S/c1-15-24-20-7-3-2-6-19(20)22(27)25(15)17-10-8-16(9-11-17)21(26)23-13-12-18-5-4-14-28-18/h2-11,14H,12-13H2,1H3,(H,23,26). The molecule has 0 saturated carbocycles. The van der Waals surface area contributed by atoms with Crippen molar-refractivity contribution in [1.82, 2.24) is 14.9 Å². The largest absolute Gasteiger partial charge is 0.352 e. The Kier molecular flexibility index (Phi) is 5.04. The second kappa shape index (κ2) is 7.78. The Morgan fingerprint density at radius 2 is 1.86 bits per heavy atom.